The highest BCUT2D eigenvalue weighted by molar-refractivity contribution is 5.74. The Morgan fingerprint density at radius 3 is 2.96 bits per heavy atom. The van der Waals surface area contributed by atoms with Crippen LogP contribution in [0.15, 0.2) is 18.3 Å². The van der Waals surface area contributed by atoms with Crippen LogP contribution in [0.5, 0.6) is 0 Å². The highest BCUT2D eigenvalue weighted by Crippen LogP contribution is 2.18. The number of nitrogens with one attached hydrogen (secondary N) is 2. The van der Waals surface area contributed by atoms with Gasteiger partial charge < -0.3 is 20.3 Å². The van der Waals surface area contributed by atoms with Gasteiger partial charge in [0.15, 0.2) is 0 Å². The van der Waals surface area contributed by atoms with Gasteiger partial charge in [-0.3, -0.25) is 0 Å². The lowest BCUT2D eigenvalue weighted by molar-refractivity contribution is 0.0860. The number of rotatable bonds is 5. The molecule has 0 unspecified atom stereocenters. The minimum Gasteiger partial charge on any atom is -0.376 e. The molecule has 2 aliphatic rings. The molecule has 2 N–H and O–H groups in total. The molecule has 0 aromatic carbocycles. The largest absolute Gasteiger partial charge is 0.376 e. The predicted octanol–water partition coefficient (Wildman–Crippen LogP) is 2.44. The Balaban J connectivity index is 1.47. The SMILES string of the molecule is C[C@@H](NC(=O)NCc1ccnc(N2CCCCC2)c1)[C@@H]1CCCO1. The van der Waals surface area contributed by atoms with Crippen LogP contribution in [0.25, 0.3) is 0 Å². The van der Waals surface area contributed by atoms with Gasteiger partial charge >= 0.3 is 6.03 Å². The smallest absolute Gasteiger partial charge is 0.315 e. The number of nitrogens with zero attached hydrogens (tertiary/aromatic N) is 2. The van der Waals surface area contributed by atoms with Crippen molar-refractivity contribution in [3.63, 3.8) is 0 Å². The van der Waals surface area contributed by atoms with E-state index in [1.54, 1.807) is 0 Å². The minimum atomic E-state index is -0.144. The molecule has 132 valence electrons. The molecule has 2 saturated heterocycles. The van der Waals surface area contributed by atoms with Crippen LogP contribution in [-0.4, -0.2) is 42.9 Å². The van der Waals surface area contributed by atoms with E-state index >= 15 is 0 Å². The molecule has 0 saturated carbocycles. The number of pyridine rings is 1. The Labute approximate surface area is 144 Å². The molecule has 2 amide bonds. The molecule has 0 radical (unpaired) electrons. The first-order valence-corrected chi connectivity index (χ1v) is 9.08. The molecule has 2 atom stereocenters. The lowest BCUT2D eigenvalue weighted by Crippen LogP contribution is -2.45. The molecular formula is C18H28N4O2. The molecule has 6 nitrogen and oxygen atoms in total. The topological polar surface area (TPSA) is 66.5 Å². The number of carbonyl (C=O) groups excluding carboxylic acids is 1. The molecule has 2 aliphatic heterocycles. The van der Waals surface area contributed by atoms with Crippen LogP contribution in [0.4, 0.5) is 10.6 Å². The first kappa shape index (κ1) is 17.0. The summed E-state index contributed by atoms with van der Waals surface area (Å²) < 4.78 is 5.61. The highest BCUT2D eigenvalue weighted by Gasteiger charge is 2.23. The summed E-state index contributed by atoms with van der Waals surface area (Å²) in [6.07, 6.45) is 7.83. The van der Waals surface area contributed by atoms with Crippen molar-refractivity contribution in [1.82, 2.24) is 15.6 Å². The van der Waals surface area contributed by atoms with E-state index in [-0.39, 0.29) is 18.2 Å². The number of hydrogen-bond donors (Lipinski definition) is 2. The predicted molar refractivity (Wildman–Crippen MR) is 94.1 cm³/mol. The molecule has 24 heavy (non-hydrogen) atoms. The highest BCUT2D eigenvalue weighted by atomic mass is 16.5. The van der Waals surface area contributed by atoms with Crippen molar-refractivity contribution in [2.45, 2.75) is 57.7 Å². The molecule has 1 aromatic rings. The summed E-state index contributed by atoms with van der Waals surface area (Å²) in [5, 5.41) is 5.90. The molecule has 3 rings (SSSR count). The van der Waals surface area contributed by atoms with Gasteiger partial charge in [0, 0.05) is 32.4 Å². The third-order valence-corrected chi connectivity index (χ3v) is 4.82. The van der Waals surface area contributed by atoms with Gasteiger partial charge in [0.1, 0.15) is 5.82 Å². The first-order valence-electron chi connectivity index (χ1n) is 9.08. The number of carbonyl (C=O) groups is 1. The molecule has 6 heteroatoms. The monoisotopic (exact) mass is 332 g/mol. The minimum absolute atomic E-state index is 0.0360. The Bertz CT molecular complexity index is 540. The Hall–Kier alpha value is -1.82. The molecular weight excluding hydrogens is 304 g/mol. The van der Waals surface area contributed by atoms with Gasteiger partial charge in [0.25, 0.3) is 0 Å². The molecule has 3 heterocycles. The second-order valence-corrected chi connectivity index (χ2v) is 6.74. The zero-order valence-electron chi connectivity index (χ0n) is 14.5. The van der Waals surface area contributed by atoms with Crippen LogP contribution in [0, 0.1) is 0 Å². The summed E-state index contributed by atoms with van der Waals surface area (Å²) in [5.74, 6) is 1.02. The van der Waals surface area contributed by atoms with Crippen molar-refractivity contribution in [2.75, 3.05) is 24.6 Å². The number of ether oxygens (including phenoxy) is 1. The maximum Gasteiger partial charge on any atom is 0.315 e. The normalized spacial score (nSPS) is 22.2. The van der Waals surface area contributed by atoms with Crippen LogP contribution in [-0.2, 0) is 11.3 Å². The van der Waals surface area contributed by atoms with Crippen molar-refractivity contribution in [2.24, 2.45) is 0 Å². The number of hydrogen-bond acceptors (Lipinski definition) is 4. The standard InChI is InChI=1S/C18H28N4O2/c1-14(16-6-5-11-24-16)21-18(23)20-13-15-7-8-19-17(12-15)22-9-3-2-4-10-22/h7-8,12,14,16H,2-6,9-11,13H2,1H3,(H2,20,21,23)/t14-,16+/m1/s1. The molecule has 0 spiro atoms. The van der Waals surface area contributed by atoms with Crippen molar-refractivity contribution < 1.29 is 9.53 Å². The molecule has 2 fully saturated rings. The van der Waals surface area contributed by atoms with Crippen LogP contribution in [0.1, 0.15) is 44.6 Å². The van der Waals surface area contributed by atoms with Crippen LogP contribution < -0.4 is 15.5 Å². The van der Waals surface area contributed by atoms with Crippen LogP contribution in [0.3, 0.4) is 0 Å². The average Bonchev–Trinajstić information content (AvgIpc) is 3.16. The number of aromatic nitrogens is 1. The summed E-state index contributed by atoms with van der Waals surface area (Å²) in [7, 11) is 0. The van der Waals surface area contributed by atoms with E-state index in [1.165, 1.54) is 19.3 Å². The van der Waals surface area contributed by atoms with Gasteiger partial charge in [-0.25, -0.2) is 9.78 Å². The van der Waals surface area contributed by atoms with Gasteiger partial charge in [-0.05, 0) is 56.7 Å². The maximum atomic E-state index is 12.1. The van der Waals surface area contributed by atoms with Gasteiger partial charge in [0.05, 0.1) is 12.1 Å². The molecule has 0 bridgehead atoms. The molecule has 0 aliphatic carbocycles. The number of amides is 2. The second kappa shape index (κ2) is 8.33. The van der Waals surface area contributed by atoms with E-state index in [1.807, 2.05) is 19.2 Å². The second-order valence-electron chi connectivity index (χ2n) is 6.74. The zero-order valence-corrected chi connectivity index (χ0v) is 14.5. The van der Waals surface area contributed by atoms with Gasteiger partial charge in [-0.1, -0.05) is 0 Å². The summed E-state index contributed by atoms with van der Waals surface area (Å²) in [6.45, 7) is 5.45. The van der Waals surface area contributed by atoms with E-state index in [0.29, 0.717) is 6.54 Å². The van der Waals surface area contributed by atoms with Crippen molar-refractivity contribution in [1.29, 1.82) is 0 Å². The summed E-state index contributed by atoms with van der Waals surface area (Å²) >= 11 is 0. The maximum absolute atomic E-state index is 12.1. The Morgan fingerprint density at radius 2 is 2.21 bits per heavy atom. The van der Waals surface area contributed by atoms with E-state index < -0.39 is 0 Å². The number of anilines is 1. The summed E-state index contributed by atoms with van der Waals surface area (Å²) in [6, 6.07) is 3.93. The van der Waals surface area contributed by atoms with Gasteiger partial charge in [0.2, 0.25) is 0 Å². The van der Waals surface area contributed by atoms with Gasteiger partial charge in [-0.15, -0.1) is 0 Å². The Kier molecular flexibility index (Phi) is 5.91. The van der Waals surface area contributed by atoms with Crippen molar-refractivity contribution >= 4 is 11.8 Å². The van der Waals surface area contributed by atoms with E-state index in [2.05, 4.69) is 26.6 Å². The average molecular weight is 332 g/mol. The van der Waals surface area contributed by atoms with Crippen LogP contribution >= 0.6 is 0 Å². The fourth-order valence-corrected chi connectivity index (χ4v) is 3.40. The fourth-order valence-electron chi connectivity index (χ4n) is 3.40. The van der Waals surface area contributed by atoms with E-state index in [0.717, 1.165) is 43.9 Å². The van der Waals surface area contributed by atoms with Gasteiger partial charge in [-0.2, -0.15) is 0 Å². The summed E-state index contributed by atoms with van der Waals surface area (Å²) in [4.78, 5) is 18.9. The van der Waals surface area contributed by atoms with Crippen molar-refractivity contribution in [3.8, 4) is 0 Å². The fraction of sp³-hybridized carbons (Fsp3) is 0.667. The third-order valence-electron chi connectivity index (χ3n) is 4.82. The zero-order chi connectivity index (χ0) is 16.8. The third kappa shape index (κ3) is 4.60. The quantitative estimate of drug-likeness (QED) is 0.869. The van der Waals surface area contributed by atoms with Crippen molar-refractivity contribution in [3.05, 3.63) is 23.9 Å². The Morgan fingerprint density at radius 1 is 1.38 bits per heavy atom. The lowest BCUT2D eigenvalue weighted by atomic mass is 10.1. The van der Waals surface area contributed by atoms with Crippen LogP contribution in [0.2, 0.25) is 0 Å². The first-order chi connectivity index (χ1) is 11.7. The van der Waals surface area contributed by atoms with E-state index in [9.17, 15) is 4.79 Å². The lowest BCUT2D eigenvalue weighted by Gasteiger charge is -2.28. The number of piperidine rings is 1. The molecule has 1 aromatic heterocycles. The van der Waals surface area contributed by atoms with E-state index in [4.69, 9.17) is 4.74 Å². The number of urea groups is 1. The summed E-state index contributed by atoms with van der Waals surface area (Å²) in [5.41, 5.74) is 1.07.